The first-order valence-corrected chi connectivity index (χ1v) is 12.2. The summed E-state index contributed by atoms with van der Waals surface area (Å²) in [5.74, 6) is 0.385. The molecule has 0 aliphatic rings. The molecule has 0 saturated carbocycles. The molecule has 4 heteroatoms. The highest BCUT2D eigenvalue weighted by molar-refractivity contribution is 6.18. The molecular formula is C33H25N2O2. The number of nitrogens with two attached hydrogens (primary N) is 1. The van der Waals surface area contributed by atoms with Gasteiger partial charge >= 0.3 is 0 Å². The standard InChI is InChI=1S/C33H25N2O2/c34-33(36)29-12-7-13-30-32(29)28-19-16-26(25-10-5-2-6-11-25)20-31(28)35(30)21-23-14-17-27(18-15-23)37-22-24-8-3-1-4-9-24/h1-18,20H,21-22H2,(H2,34,36). The third-order valence-electron chi connectivity index (χ3n) is 6.68. The number of ether oxygens (including phenoxy) is 1. The van der Waals surface area contributed by atoms with E-state index in [0.29, 0.717) is 18.7 Å². The molecule has 0 unspecified atom stereocenters. The Bertz CT molecular complexity index is 1700. The lowest BCUT2D eigenvalue weighted by atomic mass is 10.0. The van der Waals surface area contributed by atoms with E-state index in [0.717, 1.165) is 49.8 Å². The number of primary amides is 1. The van der Waals surface area contributed by atoms with E-state index in [4.69, 9.17) is 10.5 Å². The molecule has 1 heterocycles. The molecule has 0 aliphatic heterocycles. The van der Waals surface area contributed by atoms with E-state index in [1.807, 2.05) is 66.7 Å². The number of carbonyl (C=O) groups is 1. The van der Waals surface area contributed by atoms with Crippen LogP contribution < -0.4 is 10.5 Å². The number of fused-ring (bicyclic) bond motifs is 3. The number of rotatable bonds is 7. The van der Waals surface area contributed by atoms with Gasteiger partial charge in [0.25, 0.3) is 0 Å². The van der Waals surface area contributed by atoms with Crippen molar-refractivity contribution in [1.29, 1.82) is 0 Å². The number of nitrogens with zero attached hydrogens (tertiary/aromatic N) is 1. The summed E-state index contributed by atoms with van der Waals surface area (Å²) in [5, 5.41) is 1.74. The fourth-order valence-electron chi connectivity index (χ4n) is 4.84. The van der Waals surface area contributed by atoms with Gasteiger partial charge in [-0.05, 0) is 64.7 Å². The van der Waals surface area contributed by atoms with Gasteiger partial charge in [0.1, 0.15) is 12.4 Å². The van der Waals surface area contributed by atoms with Crippen LogP contribution in [0.15, 0.2) is 115 Å². The quantitative estimate of drug-likeness (QED) is 0.267. The van der Waals surface area contributed by atoms with Crippen molar-refractivity contribution in [1.82, 2.24) is 4.57 Å². The van der Waals surface area contributed by atoms with Crippen LogP contribution in [-0.4, -0.2) is 10.5 Å². The number of aromatic nitrogens is 1. The van der Waals surface area contributed by atoms with Gasteiger partial charge in [-0.1, -0.05) is 78.9 Å². The molecule has 6 rings (SSSR count). The maximum atomic E-state index is 12.3. The summed E-state index contributed by atoms with van der Waals surface area (Å²) < 4.78 is 8.20. The molecule has 37 heavy (non-hydrogen) atoms. The second kappa shape index (κ2) is 9.67. The molecule has 0 spiro atoms. The Balaban J connectivity index is 1.39. The van der Waals surface area contributed by atoms with E-state index >= 15 is 0 Å². The fraction of sp³-hybridized carbons (Fsp3) is 0.0606. The number of hydrogen-bond donors (Lipinski definition) is 1. The van der Waals surface area contributed by atoms with Crippen LogP contribution in [0.2, 0.25) is 0 Å². The SMILES string of the molecule is NC(=O)c1cccc2c1c1[c]cc(-c3ccccc3)cc1n2Cc1ccc(OCc2ccccc2)cc1. The molecule has 1 aromatic heterocycles. The predicted octanol–water partition coefficient (Wildman–Crippen LogP) is 6.99. The molecular weight excluding hydrogens is 456 g/mol. The second-order valence-electron chi connectivity index (χ2n) is 9.08. The van der Waals surface area contributed by atoms with Gasteiger partial charge in [0.05, 0.1) is 11.0 Å². The van der Waals surface area contributed by atoms with Crippen molar-refractivity contribution in [2.75, 3.05) is 0 Å². The summed E-state index contributed by atoms with van der Waals surface area (Å²) in [6.07, 6.45) is 0. The Kier molecular flexibility index (Phi) is 5.91. The average Bonchev–Trinajstić information content (AvgIpc) is 3.26. The van der Waals surface area contributed by atoms with E-state index in [-0.39, 0.29) is 0 Å². The molecule has 4 nitrogen and oxygen atoms in total. The van der Waals surface area contributed by atoms with Crippen molar-refractivity contribution < 1.29 is 9.53 Å². The zero-order valence-electron chi connectivity index (χ0n) is 20.2. The normalized spacial score (nSPS) is 11.1. The van der Waals surface area contributed by atoms with Crippen LogP contribution in [0, 0.1) is 6.07 Å². The van der Waals surface area contributed by atoms with E-state index in [1.54, 1.807) is 6.07 Å². The van der Waals surface area contributed by atoms with Crippen LogP contribution >= 0.6 is 0 Å². The molecule has 1 amide bonds. The van der Waals surface area contributed by atoms with Gasteiger partial charge in [-0.3, -0.25) is 4.79 Å². The molecule has 0 atom stereocenters. The largest absolute Gasteiger partial charge is 0.489 e. The minimum Gasteiger partial charge on any atom is -0.489 e. The average molecular weight is 482 g/mol. The molecule has 1 radical (unpaired) electrons. The zero-order valence-corrected chi connectivity index (χ0v) is 20.2. The molecule has 6 aromatic rings. The summed E-state index contributed by atoms with van der Waals surface area (Å²) in [6.45, 7) is 1.16. The van der Waals surface area contributed by atoms with Crippen LogP contribution in [0.25, 0.3) is 32.9 Å². The first kappa shape index (κ1) is 22.6. The lowest BCUT2D eigenvalue weighted by Crippen LogP contribution is -2.11. The summed E-state index contributed by atoms with van der Waals surface area (Å²) >= 11 is 0. The predicted molar refractivity (Wildman–Crippen MR) is 149 cm³/mol. The van der Waals surface area contributed by atoms with Crippen molar-refractivity contribution >= 4 is 27.7 Å². The zero-order chi connectivity index (χ0) is 25.2. The number of hydrogen-bond acceptors (Lipinski definition) is 2. The van der Waals surface area contributed by atoms with Crippen molar-refractivity contribution in [3.8, 4) is 16.9 Å². The van der Waals surface area contributed by atoms with Crippen molar-refractivity contribution in [2.45, 2.75) is 13.2 Å². The van der Waals surface area contributed by atoms with Gasteiger partial charge in [0.2, 0.25) is 5.91 Å². The molecule has 0 fully saturated rings. The number of carbonyl (C=O) groups excluding carboxylic acids is 1. The molecule has 0 aliphatic carbocycles. The van der Waals surface area contributed by atoms with Gasteiger partial charge in [-0.2, -0.15) is 0 Å². The Labute approximate surface area is 215 Å². The molecule has 0 saturated heterocycles. The van der Waals surface area contributed by atoms with E-state index in [2.05, 4.69) is 53.1 Å². The fourth-order valence-corrected chi connectivity index (χ4v) is 4.84. The summed E-state index contributed by atoms with van der Waals surface area (Å²) in [7, 11) is 0. The Morgan fingerprint density at radius 2 is 1.49 bits per heavy atom. The third kappa shape index (κ3) is 4.45. The minimum absolute atomic E-state index is 0.440. The number of benzene rings is 5. The van der Waals surface area contributed by atoms with Gasteiger partial charge in [-0.25, -0.2) is 0 Å². The molecule has 5 aromatic carbocycles. The smallest absolute Gasteiger partial charge is 0.249 e. The van der Waals surface area contributed by atoms with Crippen molar-refractivity contribution in [3.05, 3.63) is 138 Å². The van der Waals surface area contributed by atoms with Gasteiger partial charge in [0.15, 0.2) is 0 Å². The second-order valence-corrected chi connectivity index (χ2v) is 9.08. The lowest BCUT2D eigenvalue weighted by molar-refractivity contribution is 0.100. The van der Waals surface area contributed by atoms with Gasteiger partial charge in [-0.15, -0.1) is 0 Å². The minimum atomic E-state index is -0.440. The van der Waals surface area contributed by atoms with Crippen LogP contribution in [0.3, 0.4) is 0 Å². The van der Waals surface area contributed by atoms with Crippen LogP contribution in [0.4, 0.5) is 0 Å². The first-order valence-electron chi connectivity index (χ1n) is 12.2. The number of amides is 1. The van der Waals surface area contributed by atoms with E-state index in [9.17, 15) is 4.79 Å². The van der Waals surface area contributed by atoms with E-state index < -0.39 is 5.91 Å². The maximum absolute atomic E-state index is 12.3. The lowest BCUT2D eigenvalue weighted by Gasteiger charge is -2.11. The first-order chi connectivity index (χ1) is 18.2. The van der Waals surface area contributed by atoms with Crippen LogP contribution in [-0.2, 0) is 13.2 Å². The Hall–Kier alpha value is -4.83. The highest BCUT2D eigenvalue weighted by atomic mass is 16.5. The molecule has 2 N–H and O–H groups in total. The highest BCUT2D eigenvalue weighted by Crippen LogP contribution is 2.35. The Morgan fingerprint density at radius 1 is 0.757 bits per heavy atom. The summed E-state index contributed by atoms with van der Waals surface area (Å²) in [5.41, 5.74) is 12.7. The Morgan fingerprint density at radius 3 is 2.22 bits per heavy atom. The van der Waals surface area contributed by atoms with Crippen molar-refractivity contribution in [3.63, 3.8) is 0 Å². The van der Waals surface area contributed by atoms with Gasteiger partial charge in [0, 0.05) is 22.9 Å². The molecule has 0 bridgehead atoms. The van der Waals surface area contributed by atoms with Gasteiger partial charge < -0.3 is 15.0 Å². The highest BCUT2D eigenvalue weighted by Gasteiger charge is 2.17. The van der Waals surface area contributed by atoms with Crippen LogP contribution in [0.1, 0.15) is 21.5 Å². The summed E-state index contributed by atoms with van der Waals surface area (Å²) in [6, 6.07) is 41.9. The van der Waals surface area contributed by atoms with Crippen LogP contribution in [0.5, 0.6) is 5.75 Å². The maximum Gasteiger partial charge on any atom is 0.249 e. The monoisotopic (exact) mass is 481 g/mol. The van der Waals surface area contributed by atoms with E-state index in [1.165, 1.54) is 0 Å². The topological polar surface area (TPSA) is 57.2 Å². The molecule has 179 valence electrons. The summed E-state index contributed by atoms with van der Waals surface area (Å²) in [4.78, 5) is 12.3. The third-order valence-corrected chi connectivity index (χ3v) is 6.68. The van der Waals surface area contributed by atoms with Crippen molar-refractivity contribution in [2.24, 2.45) is 5.73 Å².